The minimum Gasteiger partial charge on any atom is -0.373 e. The van der Waals surface area contributed by atoms with E-state index in [0.29, 0.717) is 11.1 Å². The van der Waals surface area contributed by atoms with Crippen LogP contribution in [0.15, 0.2) is 23.3 Å². The molecule has 1 rings (SSSR count). The van der Waals surface area contributed by atoms with Crippen molar-refractivity contribution < 1.29 is 9.59 Å². The first-order valence-electron chi connectivity index (χ1n) is 7.01. The number of carbonyl (C=O) groups is 2. The van der Waals surface area contributed by atoms with Crippen LogP contribution in [0.25, 0.3) is 26.4 Å². The maximum Gasteiger partial charge on any atom is 0.185 e. The Morgan fingerprint density at radius 1 is 0.955 bits per heavy atom. The van der Waals surface area contributed by atoms with Crippen molar-refractivity contribution in [1.82, 2.24) is 0 Å². The Labute approximate surface area is 129 Å². The van der Waals surface area contributed by atoms with Gasteiger partial charge in [0.15, 0.2) is 11.6 Å². The van der Waals surface area contributed by atoms with Gasteiger partial charge >= 0.3 is 0 Å². The molecule has 0 radical (unpaired) electrons. The third-order valence-electron chi connectivity index (χ3n) is 2.82. The zero-order valence-corrected chi connectivity index (χ0v) is 12.9. The number of hydrogen-bond acceptors (Lipinski definition) is 3. The van der Waals surface area contributed by atoms with Crippen LogP contribution in [0.5, 0.6) is 0 Å². The van der Waals surface area contributed by atoms with Crippen LogP contribution in [0.2, 0.25) is 0 Å². The van der Waals surface area contributed by atoms with Gasteiger partial charge < -0.3 is 11.1 Å². The van der Waals surface area contributed by atoms with E-state index in [1.807, 2.05) is 0 Å². The highest BCUT2D eigenvalue weighted by molar-refractivity contribution is 6.20. The normalized spacial score (nSPS) is 12.5. The summed E-state index contributed by atoms with van der Waals surface area (Å²) in [6.45, 7) is 4.17. The molecule has 0 heterocycles. The van der Waals surface area contributed by atoms with E-state index in [1.165, 1.54) is 17.1 Å². The van der Waals surface area contributed by atoms with Crippen molar-refractivity contribution >= 4 is 11.6 Å². The van der Waals surface area contributed by atoms with Crippen LogP contribution in [-0.4, -0.2) is 11.6 Å². The lowest BCUT2D eigenvalue weighted by atomic mass is 9.90. The number of unbranched alkanes of at least 4 members (excludes halogenated alkanes) is 2. The van der Waals surface area contributed by atoms with Crippen LogP contribution in [0.3, 0.4) is 0 Å². The van der Waals surface area contributed by atoms with E-state index in [4.69, 9.17) is 22.1 Å². The second kappa shape index (κ2) is 14.8. The molecule has 0 aliphatic heterocycles. The Bertz CT molecular complexity index is 453. The fraction of sp³-hybridized carbons (Fsp3) is 0.571. The fourth-order valence-corrected chi connectivity index (χ4v) is 1.83. The largest absolute Gasteiger partial charge is 0.373 e. The summed E-state index contributed by atoms with van der Waals surface area (Å²) in [6.07, 6.45) is 8.55. The maximum absolute atomic E-state index is 12.0. The van der Waals surface area contributed by atoms with Crippen molar-refractivity contribution in [3.8, 4) is 0 Å². The molecule has 1 aliphatic rings. The molecule has 0 bridgehead atoms. The number of hydrogen-bond donors (Lipinski definition) is 1. The van der Waals surface area contributed by atoms with Crippen LogP contribution in [0.4, 0.5) is 0 Å². The molecule has 1 aliphatic carbocycles. The molecule has 0 saturated carbocycles. The predicted molar refractivity (Wildman–Crippen MR) is 84.7 cm³/mol. The monoisotopic (exact) mass is 305 g/mol. The average molecular weight is 305 g/mol. The van der Waals surface area contributed by atoms with Crippen LogP contribution in [0, 0.1) is 5.53 Å². The summed E-state index contributed by atoms with van der Waals surface area (Å²) in [4.78, 5) is 26.7. The summed E-state index contributed by atoms with van der Waals surface area (Å²) in [7, 11) is 0. The van der Waals surface area contributed by atoms with Crippen molar-refractivity contribution in [3.63, 3.8) is 0 Å². The molecular formula is C14H21N6O2-. The summed E-state index contributed by atoms with van der Waals surface area (Å²) >= 11 is 0. The van der Waals surface area contributed by atoms with Gasteiger partial charge in [0.05, 0.1) is 0 Å². The van der Waals surface area contributed by atoms with Crippen LogP contribution in [0.1, 0.15) is 52.4 Å². The number of nitrogens with one attached hydrogen (secondary N) is 1. The maximum atomic E-state index is 12.0. The molecule has 0 aromatic rings. The second-order valence-electron chi connectivity index (χ2n) is 4.47. The number of carbonyl (C=O) groups excluding carboxylic acids is 2. The number of allylic oxidation sites excluding steroid dienone is 4. The van der Waals surface area contributed by atoms with E-state index in [1.54, 1.807) is 4.91 Å². The summed E-state index contributed by atoms with van der Waals surface area (Å²) in [5.74, 6) is 0.0818. The van der Waals surface area contributed by atoms with Gasteiger partial charge in [-0.05, 0) is 48.3 Å². The Morgan fingerprint density at radius 2 is 1.27 bits per heavy atom. The Morgan fingerprint density at radius 3 is 1.55 bits per heavy atom. The SMILES string of the molecule is CCCCC1=CC(=O)C=C(CCCC)C1=O.[N-]=[N+]=N.[N-]=[N+]=[N-]. The number of rotatable bonds is 6. The summed E-state index contributed by atoms with van der Waals surface area (Å²) in [6, 6.07) is 0. The Balaban J connectivity index is 0. The molecule has 0 spiro atoms. The zero-order valence-electron chi connectivity index (χ0n) is 12.9. The van der Waals surface area contributed by atoms with Gasteiger partial charge in [-0.3, -0.25) is 14.5 Å². The van der Waals surface area contributed by atoms with E-state index < -0.39 is 0 Å². The highest BCUT2D eigenvalue weighted by Crippen LogP contribution is 2.21. The lowest BCUT2D eigenvalue weighted by molar-refractivity contribution is -0.115. The molecule has 0 atom stereocenters. The van der Waals surface area contributed by atoms with Crippen molar-refractivity contribution in [2.45, 2.75) is 52.4 Å². The van der Waals surface area contributed by atoms with Gasteiger partial charge in [-0.1, -0.05) is 26.7 Å². The average Bonchev–Trinajstić information content (AvgIpc) is 2.48. The standard InChI is InChI=1S/C14H20O2.HN3.N3/c1-3-5-7-11-9-13(15)10-12(14(11)16)8-6-4-2;2*1-3-2/h9-10H,3-8H2,1-2H3;1H;/q;;-1. The molecule has 0 fully saturated rings. The molecule has 0 aromatic heterocycles. The van der Waals surface area contributed by atoms with Gasteiger partial charge in [0.25, 0.3) is 0 Å². The smallest absolute Gasteiger partial charge is 0.185 e. The lowest BCUT2D eigenvalue weighted by Crippen LogP contribution is -2.14. The van der Waals surface area contributed by atoms with Crippen molar-refractivity contribution in [3.05, 3.63) is 49.7 Å². The first-order chi connectivity index (χ1) is 10.5. The number of nitrogens with zero attached hydrogens (tertiary/aromatic N) is 5. The summed E-state index contributed by atoms with van der Waals surface area (Å²) in [5, 5.41) is 0. The molecule has 0 unspecified atom stereocenters. The quantitative estimate of drug-likeness (QED) is 0.313. The fourth-order valence-electron chi connectivity index (χ4n) is 1.83. The molecule has 0 saturated heterocycles. The third kappa shape index (κ3) is 10.3. The second-order valence-corrected chi connectivity index (χ2v) is 4.47. The first kappa shape index (κ1) is 21.7. The first-order valence-corrected chi connectivity index (χ1v) is 7.01. The van der Waals surface area contributed by atoms with Crippen molar-refractivity contribution in [2.75, 3.05) is 0 Å². The zero-order chi connectivity index (χ0) is 17.4. The van der Waals surface area contributed by atoms with Gasteiger partial charge in [0.2, 0.25) is 0 Å². The molecular weight excluding hydrogens is 284 g/mol. The van der Waals surface area contributed by atoms with Crippen LogP contribution >= 0.6 is 0 Å². The minimum absolute atomic E-state index is 0.0168. The van der Waals surface area contributed by atoms with Gasteiger partial charge in [-0.2, -0.15) is 0 Å². The van der Waals surface area contributed by atoms with Gasteiger partial charge in [-0.25, -0.2) is 0 Å². The van der Waals surface area contributed by atoms with Crippen molar-refractivity contribution in [2.24, 2.45) is 0 Å². The Kier molecular flexibility index (Phi) is 14.7. The van der Waals surface area contributed by atoms with E-state index in [2.05, 4.69) is 13.8 Å². The molecule has 1 N–H and O–H groups in total. The van der Waals surface area contributed by atoms with E-state index in [-0.39, 0.29) is 11.6 Å². The molecule has 120 valence electrons. The topological polar surface area (TPSA) is 153 Å². The molecule has 8 heteroatoms. The lowest BCUT2D eigenvalue weighted by Gasteiger charge is -2.13. The molecule has 22 heavy (non-hydrogen) atoms. The Hall–Kier alpha value is -2.56. The number of Topliss-reactive ketones (excluding diaryl/α,β-unsaturated/α-hetero) is 1. The number of ketones is 2. The third-order valence-corrected chi connectivity index (χ3v) is 2.82. The summed E-state index contributed by atoms with van der Waals surface area (Å²) in [5.41, 5.74) is 27.2. The van der Waals surface area contributed by atoms with E-state index >= 15 is 0 Å². The van der Waals surface area contributed by atoms with Crippen LogP contribution < -0.4 is 0 Å². The summed E-state index contributed by atoms with van der Waals surface area (Å²) < 4.78 is 0. The molecule has 8 nitrogen and oxygen atoms in total. The van der Waals surface area contributed by atoms with E-state index in [0.717, 1.165) is 38.5 Å². The van der Waals surface area contributed by atoms with E-state index in [9.17, 15) is 9.59 Å². The van der Waals surface area contributed by atoms with Gasteiger partial charge in [0.1, 0.15) is 0 Å². The predicted octanol–water partition coefficient (Wildman–Crippen LogP) is 5.11. The minimum atomic E-state index is -0.0168. The van der Waals surface area contributed by atoms with Gasteiger partial charge in [-0.15, -0.1) is 5.53 Å². The molecule has 0 aromatic carbocycles. The highest BCUT2D eigenvalue weighted by Gasteiger charge is 2.20. The van der Waals surface area contributed by atoms with Gasteiger partial charge in [0, 0.05) is 11.1 Å². The molecule has 0 amide bonds. The van der Waals surface area contributed by atoms with Crippen LogP contribution in [-0.2, 0) is 9.59 Å². The highest BCUT2D eigenvalue weighted by atomic mass is 16.1. The van der Waals surface area contributed by atoms with Crippen molar-refractivity contribution in [1.29, 1.82) is 5.53 Å².